The van der Waals surface area contributed by atoms with Gasteiger partial charge in [0.05, 0.1) is 19.7 Å². The van der Waals surface area contributed by atoms with Gasteiger partial charge in [-0.2, -0.15) is 5.10 Å². The van der Waals surface area contributed by atoms with E-state index in [-0.39, 0.29) is 12.3 Å². The summed E-state index contributed by atoms with van der Waals surface area (Å²) < 4.78 is 5.22. The molecule has 0 spiro atoms. The van der Waals surface area contributed by atoms with Crippen molar-refractivity contribution in [3.8, 4) is 5.75 Å². The second-order valence-electron chi connectivity index (χ2n) is 4.67. The predicted molar refractivity (Wildman–Crippen MR) is 95.7 cm³/mol. The molecule has 0 aliphatic rings. The van der Waals surface area contributed by atoms with E-state index in [1.807, 2.05) is 42.7 Å². The van der Waals surface area contributed by atoms with Crippen LogP contribution in [-0.4, -0.2) is 25.5 Å². The number of methoxy groups -OCH3 is 1. The summed E-state index contributed by atoms with van der Waals surface area (Å²) in [5.41, 5.74) is 4.20. The molecule has 0 radical (unpaired) electrons. The first-order chi connectivity index (χ1) is 11.1. The number of hydrazone groups is 1. The molecule has 120 valence electrons. The minimum Gasteiger partial charge on any atom is -0.496 e. The van der Waals surface area contributed by atoms with E-state index in [2.05, 4.69) is 10.5 Å². The Morgan fingerprint density at radius 1 is 1.35 bits per heavy atom. The molecule has 2 aromatic rings. The number of thioether (sulfide) groups is 1. The minimum atomic E-state index is -0.200. The topological polar surface area (TPSA) is 50.7 Å². The third kappa shape index (κ3) is 5.01. The van der Waals surface area contributed by atoms with Crippen molar-refractivity contribution in [3.05, 3.63) is 58.6 Å². The summed E-state index contributed by atoms with van der Waals surface area (Å²) in [5.74, 6) is 0.499. The fourth-order valence-electron chi connectivity index (χ4n) is 2.04. The van der Waals surface area contributed by atoms with E-state index in [1.165, 1.54) is 0 Å². The Labute approximate surface area is 144 Å². The summed E-state index contributed by atoms with van der Waals surface area (Å²) in [6, 6.07) is 13.0. The van der Waals surface area contributed by atoms with Gasteiger partial charge in [0.15, 0.2) is 0 Å². The fraction of sp³-hybridized carbons (Fsp3) is 0.176. The van der Waals surface area contributed by atoms with Crippen molar-refractivity contribution in [2.45, 2.75) is 11.3 Å². The maximum atomic E-state index is 12.0. The second-order valence-corrected chi connectivity index (χ2v) is 5.95. The molecule has 2 rings (SSSR count). The van der Waals surface area contributed by atoms with Gasteiger partial charge < -0.3 is 4.74 Å². The highest BCUT2D eigenvalue weighted by Gasteiger charge is 2.08. The van der Waals surface area contributed by atoms with E-state index in [4.69, 9.17) is 16.3 Å². The minimum absolute atomic E-state index is 0.200. The predicted octanol–water partition coefficient (Wildman–Crippen LogP) is 3.76. The quantitative estimate of drug-likeness (QED) is 0.491. The molecule has 0 aliphatic carbocycles. The smallest absolute Gasteiger partial charge is 0.244 e. The monoisotopic (exact) mass is 348 g/mol. The molecule has 0 fully saturated rings. The van der Waals surface area contributed by atoms with Gasteiger partial charge in [0, 0.05) is 15.5 Å². The van der Waals surface area contributed by atoms with Gasteiger partial charge in [0.2, 0.25) is 5.91 Å². The molecular formula is C17H17ClN2O2S. The van der Waals surface area contributed by atoms with Gasteiger partial charge in [-0.25, -0.2) is 5.43 Å². The zero-order valence-electron chi connectivity index (χ0n) is 12.9. The Hall–Kier alpha value is -1.98. The van der Waals surface area contributed by atoms with Crippen LogP contribution in [-0.2, 0) is 11.2 Å². The van der Waals surface area contributed by atoms with Gasteiger partial charge in [-0.1, -0.05) is 23.7 Å². The molecule has 0 saturated carbocycles. The van der Waals surface area contributed by atoms with Crippen LogP contribution in [0.3, 0.4) is 0 Å². The molecule has 0 saturated heterocycles. The largest absolute Gasteiger partial charge is 0.496 e. The molecule has 0 atom stereocenters. The third-order valence-electron chi connectivity index (χ3n) is 3.13. The lowest BCUT2D eigenvalue weighted by atomic mass is 10.1. The van der Waals surface area contributed by atoms with Gasteiger partial charge in [0.1, 0.15) is 5.75 Å². The molecular weight excluding hydrogens is 332 g/mol. The summed E-state index contributed by atoms with van der Waals surface area (Å²) >= 11 is 7.57. The molecule has 0 heterocycles. The molecule has 6 heteroatoms. The number of rotatable bonds is 6. The zero-order chi connectivity index (χ0) is 16.7. The number of para-hydroxylation sites is 1. The first-order valence-corrected chi connectivity index (χ1v) is 8.51. The molecule has 0 bridgehead atoms. The second kappa shape index (κ2) is 8.60. The number of amides is 1. The van der Waals surface area contributed by atoms with Crippen molar-refractivity contribution in [1.82, 2.24) is 5.43 Å². The standard InChI is InChI=1S/C17H17ClN2O2S/c1-22-15-6-4-3-5-12(15)11-19-20-17(21)10-13-9-14(18)7-8-16(13)23-2/h3-9,11H,10H2,1-2H3,(H,20,21)/b19-11-. The number of carbonyl (C=O) groups excluding carboxylic acids is 1. The van der Waals surface area contributed by atoms with Gasteiger partial charge in [-0.15, -0.1) is 11.8 Å². The van der Waals surface area contributed by atoms with Gasteiger partial charge in [-0.3, -0.25) is 4.79 Å². The maximum absolute atomic E-state index is 12.0. The van der Waals surface area contributed by atoms with Crippen molar-refractivity contribution in [1.29, 1.82) is 0 Å². The highest BCUT2D eigenvalue weighted by molar-refractivity contribution is 7.98. The fourth-order valence-corrected chi connectivity index (χ4v) is 2.84. The summed E-state index contributed by atoms with van der Waals surface area (Å²) in [6.07, 6.45) is 3.74. The zero-order valence-corrected chi connectivity index (χ0v) is 14.4. The lowest BCUT2D eigenvalue weighted by Crippen LogP contribution is -2.20. The van der Waals surface area contributed by atoms with E-state index >= 15 is 0 Å². The molecule has 4 nitrogen and oxygen atoms in total. The van der Waals surface area contributed by atoms with Crippen LogP contribution in [0.1, 0.15) is 11.1 Å². The number of hydrogen-bond donors (Lipinski definition) is 1. The number of hydrogen-bond acceptors (Lipinski definition) is 4. The van der Waals surface area contributed by atoms with Crippen LogP contribution >= 0.6 is 23.4 Å². The van der Waals surface area contributed by atoms with Crippen molar-refractivity contribution in [2.75, 3.05) is 13.4 Å². The van der Waals surface area contributed by atoms with Crippen LogP contribution in [0.5, 0.6) is 5.75 Å². The molecule has 0 aromatic heterocycles. The van der Waals surface area contributed by atoms with E-state index < -0.39 is 0 Å². The van der Waals surface area contributed by atoms with Crippen LogP contribution in [0, 0.1) is 0 Å². The summed E-state index contributed by atoms with van der Waals surface area (Å²) in [4.78, 5) is 13.1. The van der Waals surface area contributed by atoms with E-state index in [0.29, 0.717) is 10.8 Å². The van der Waals surface area contributed by atoms with Crippen LogP contribution in [0.15, 0.2) is 52.5 Å². The summed E-state index contributed by atoms with van der Waals surface area (Å²) in [5, 5.41) is 4.59. The summed E-state index contributed by atoms with van der Waals surface area (Å²) in [6.45, 7) is 0. The Morgan fingerprint density at radius 3 is 2.87 bits per heavy atom. The number of nitrogens with one attached hydrogen (secondary N) is 1. The SMILES string of the molecule is COc1ccccc1/C=N\NC(=O)Cc1cc(Cl)ccc1SC. The lowest BCUT2D eigenvalue weighted by Gasteiger charge is -2.07. The highest BCUT2D eigenvalue weighted by Crippen LogP contribution is 2.24. The lowest BCUT2D eigenvalue weighted by molar-refractivity contribution is -0.120. The van der Waals surface area contributed by atoms with Crippen molar-refractivity contribution < 1.29 is 9.53 Å². The number of nitrogens with zero attached hydrogens (tertiary/aromatic N) is 1. The van der Waals surface area contributed by atoms with E-state index in [0.717, 1.165) is 16.0 Å². The van der Waals surface area contributed by atoms with Gasteiger partial charge >= 0.3 is 0 Å². The molecule has 0 aliphatic heterocycles. The highest BCUT2D eigenvalue weighted by atomic mass is 35.5. The average Bonchev–Trinajstić information content (AvgIpc) is 2.55. The van der Waals surface area contributed by atoms with Crippen molar-refractivity contribution in [2.24, 2.45) is 5.10 Å². The third-order valence-corrected chi connectivity index (χ3v) is 4.20. The molecule has 1 N–H and O–H groups in total. The normalized spacial score (nSPS) is 10.7. The number of benzene rings is 2. The van der Waals surface area contributed by atoms with Crippen molar-refractivity contribution in [3.63, 3.8) is 0 Å². The van der Waals surface area contributed by atoms with Crippen molar-refractivity contribution >= 4 is 35.5 Å². The van der Waals surface area contributed by atoms with E-state index in [9.17, 15) is 4.79 Å². The first kappa shape index (κ1) is 17.4. The van der Waals surface area contributed by atoms with Crippen LogP contribution in [0.2, 0.25) is 5.02 Å². The Balaban J connectivity index is 2.00. The van der Waals surface area contributed by atoms with Gasteiger partial charge in [0.25, 0.3) is 0 Å². The molecule has 1 amide bonds. The summed E-state index contributed by atoms with van der Waals surface area (Å²) in [7, 11) is 1.59. The number of ether oxygens (including phenoxy) is 1. The van der Waals surface area contributed by atoms with Crippen LogP contribution in [0.25, 0.3) is 0 Å². The Bertz CT molecular complexity index is 719. The maximum Gasteiger partial charge on any atom is 0.244 e. The molecule has 23 heavy (non-hydrogen) atoms. The molecule has 2 aromatic carbocycles. The first-order valence-electron chi connectivity index (χ1n) is 6.91. The Morgan fingerprint density at radius 2 is 2.13 bits per heavy atom. The van der Waals surface area contributed by atoms with Crippen LogP contribution < -0.4 is 10.2 Å². The average molecular weight is 349 g/mol. The molecule has 0 unspecified atom stereocenters. The van der Waals surface area contributed by atoms with Gasteiger partial charge in [-0.05, 0) is 42.2 Å². The van der Waals surface area contributed by atoms with E-state index in [1.54, 1.807) is 31.2 Å². The number of carbonyl (C=O) groups is 1. The Kier molecular flexibility index (Phi) is 6.50. The number of halogens is 1. The van der Waals surface area contributed by atoms with Crippen LogP contribution in [0.4, 0.5) is 0 Å².